The molecule has 9 nitrogen and oxygen atoms in total. The van der Waals surface area contributed by atoms with Crippen LogP contribution in [0, 0.1) is 12.8 Å². The fourth-order valence-corrected chi connectivity index (χ4v) is 2.73. The van der Waals surface area contributed by atoms with Gasteiger partial charge in [-0.1, -0.05) is 31.5 Å². The van der Waals surface area contributed by atoms with E-state index < -0.39 is 24.5 Å². The summed E-state index contributed by atoms with van der Waals surface area (Å²) >= 11 is 0. The second-order valence-corrected chi connectivity index (χ2v) is 7.39. The second kappa shape index (κ2) is 11.5. The van der Waals surface area contributed by atoms with Crippen LogP contribution in [0.25, 0.3) is 0 Å². The third kappa shape index (κ3) is 7.12. The Hall–Kier alpha value is -3.88. The Bertz CT molecular complexity index is 986. The minimum Gasteiger partial charge on any atom is -0.493 e. The summed E-state index contributed by atoms with van der Waals surface area (Å²) in [6, 6.07) is 11.1. The van der Waals surface area contributed by atoms with Gasteiger partial charge in [0.2, 0.25) is 0 Å². The van der Waals surface area contributed by atoms with Crippen LogP contribution in [-0.4, -0.2) is 48.9 Å². The smallest absolute Gasteiger partial charge is 0.341 e. The number of benzene rings is 2. The van der Waals surface area contributed by atoms with E-state index in [0.29, 0.717) is 16.9 Å². The lowest BCUT2D eigenvalue weighted by Gasteiger charge is -2.20. The first-order chi connectivity index (χ1) is 15.2. The maximum Gasteiger partial charge on any atom is 0.341 e. The minimum atomic E-state index is -1.10. The molecule has 0 bridgehead atoms. The molecule has 9 heteroatoms. The number of carboxylic acid groups (broad SMARTS) is 1. The molecular weight excluding hydrogens is 414 g/mol. The molecule has 32 heavy (non-hydrogen) atoms. The third-order valence-corrected chi connectivity index (χ3v) is 4.48. The van der Waals surface area contributed by atoms with E-state index in [0.717, 1.165) is 5.56 Å². The summed E-state index contributed by atoms with van der Waals surface area (Å²) in [6.45, 7) is 5.08. The fraction of sp³-hybridized carbons (Fsp3) is 0.304. The zero-order chi connectivity index (χ0) is 23.7. The van der Waals surface area contributed by atoms with Crippen molar-refractivity contribution >= 4 is 24.0 Å². The number of nitrogens with one attached hydrogen (secondary N) is 2. The number of hydrogen-bond donors (Lipinski definition) is 3. The molecule has 0 aliphatic carbocycles. The predicted molar refractivity (Wildman–Crippen MR) is 119 cm³/mol. The average Bonchev–Trinajstić information content (AvgIpc) is 2.76. The van der Waals surface area contributed by atoms with Gasteiger partial charge in [0.05, 0.1) is 13.3 Å². The molecule has 3 N–H and O–H groups in total. The number of aliphatic carboxylic acids is 1. The van der Waals surface area contributed by atoms with Crippen LogP contribution in [0.5, 0.6) is 11.5 Å². The van der Waals surface area contributed by atoms with Crippen molar-refractivity contribution in [2.45, 2.75) is 26.8 Å². The van der Waals surface area contributed by atoms with Crippen LogP contribution < -0.4 is 20.2 Å². The number of carbonyl (C=O) groups is 3. The molecule has 0 aliphatic rings. The molecule has 170 valence electrons. The van der Waals surface area contributed by atoms with Crippen LogP contribution in [0.15, 0.2) is 47.6 Å². The van der Waals surface area contributed by atoms with Crippen LogP contribution >= 0.6 is 0 Å². The van der Waals surface area contributed by atoms with Crippen molar-refractivity contribution < 1.29 is 29.0 Å². The molecule has 2 aromatic rings. The standard InChI is InChI=1S/C23H27N3O6/c1-14(2)21(25-22(29)17-8-5-15(3)6-9-17)23(30)26-24-12-16-7-10-18(19(11-16)31-4)32-13-20(27)28/h5-12,14,21H,13H2,1-4H3,(H,25,29)(H,26,30)(H,27,28)/b24-12-. The SMILES string of the molecule is COc1cc(/C=N\NC(=O)C(NC(=O)c2ccc(C)cc2)C(C)C)ccc1OCC(=O)O. The molecule has 0 radical (unpaired) electrons. The molecule has 2 rings (SSSR count). The van der Waals surface area contributed by atoms with Gasteiger partial charge >= 0.3 is 5.97 Å². The maximum atomic E-state index is 12.6. The highest BCUT2D eigenvalue weighted by atomic mass is 16.5. The summed E-state index contributed by atoms with van der Waals surface area (Å²) in [5, 5.41) is 15.4. The van der Waals surface area contributed by atoms with Gasteiger partial charge in [0, 0.05) is 5.56 Å². The van der Waals surface area contributed by atoms with E-state index in [1.165, 1.54) is 13.3 Å². The first kappa shape index (κ1) is 24.4. The summed E-state index contributed by atoms with van der Waals surface area (Å²) in [6.07, 6.45) is 1.40. The summed E-state index contributed by atoms with van der Waals surface area (Å²) in [5.41, 5.74) is 4.53. The number of carboxylic acids is 1. The van der Waals surface area contributed by atoms with Gasteiger partial charge in [-0.2, -0.15) is 5.10 Å². The number of methoxy groups -OCH3 is 1. The molecule has 0 heterocycles. The Morgan fingerprint density at radius 1 is 1.09 bits per heavy atom. The van der Waals surface area contributed by atoms with Crippen LogP contribution in [0.4, 0.5) is 0 Å². The molecule has 0 fully saturated rings. The summed E-state index contributed by atoms with van der Waals surface area (Å²) in [7, 11) is 1.43. The van der Waals surface area contributed by atoms with Crippen LogP contribution in [0.1, 0.15) is 35.3 Å². The molecule has 2 amide bonds. The molecule has 0 spiro atoms. The minimum absolute atomic E-state index is 0.162. The predicted octanol–water partition coefficient (Wildman–Crippen LogP) is 2.37. The molecule has 2 aromatic carbocycles. The Morgan fingerprint density at radius 2 is 1.78 bits per heavy atom. The Morgan fingerprint density at radius 3 is 2.38 bits per heavy atom. The summed E-state index contributed by atoms with van der Waals surface area (Å²) in [4.78, 5) is 35.7. The molecule has 0 saturated heterocycles. The highest BCUT2D eigenvalue weighted by molar-refractivity contribution is 5.97. The van der Waals surface area contributed by atoms with E-state index in [2.05, 4.69) is 15.8 Å². The molecule has 1 atom stereocenters. The molecule has 0 aromatic heterocycles. The highest BCUT2D eigenvalue weighted by Gasteiger charge is 2.24. The van der Waals surface area contributed by atoms with Crippen molar-refractivity contribution in [3.05, 3.63) is 59.2 Å². The van der Waals surface area contributed by atoms with Gasteiger partial charge in [0.25, 0.3) is 11.8 Å². The van der Waals surface area contributed by atoms with Crippen molar-refractivity contribution in [2.75, 3.05) is 13.7 Å². The lowest BCUT2D eigenvalue weighted by Crippen LogP contribution is -2.48. The molecular formula is C23H27N3O6. The van der Waals surface area contributed by atoms with Crippen molar-refractivity contribution in [2.24, 2.45) is 11.0 Å². The van der Waals surface area contributed by atoms with Crippen LogP contribution in [0.2, 0.25) is 0 Å². The zero-order valence-corrected chi connectivity index (χ0v) is 18.4. The number of hydrogen-bond acceptors (Lipinski definition) is 6. The normalized spacial score (nSPS) is 11.8. The molecule has 0 saturated carbocycles. The Balaban J connectivity index is 2.02. The first-order valence-electron chi connectivity index (χ1n) is 9.94. The van der Waals surface area contributed by atoms with Crippen molar-refractivity contribution in [3.8, 4) is 11.5 Å². The van der Waals surface area contributed by atoms with Gasteiger partial charge in [-0.05, 0) is 48.7 Å². The van der Waals surface area contributed by atoms with E-state index in [1.807, 2.05) is 32.9 Å². The highest BCUT2D eigenvalue weighted by Crippen LogP contribution is 2.27. The second-order valence-electron chi connectivity index (χ2n) is 7.39. The van der Waals surface area contributed by atoms with Gasteiger partial charge in [-0.3, -0.25) is 9.59 Å². The topological polar surface area (TPSA) is 126 Å². The van der Waals surface area contributed by atoms with E-state index >= 15 is 0 Å². The number of hydrazone groups is 1. The van der Waals surface area contributed by atoms with Crippen LogP contribution in [-0.2, 0) is 9.59 Å². The first-order valence-corrected chi connectivity index (χ1v) is 9.94. The van der Waals surface area contributed by atoms with E-state index in [9.17, 15) is 14.4 Å². The van der Waals surface area contributed by atoms with Crippen LogP contribution in [0.3, 0.4) is 0 Å². The largest absolute Gasteiger partial charge is 0.493 e. The number of carbonyl (C=O) groups excluding carboxylic acids is 2. The van der Waals surface area contributed by atoms with Crippen molar-refractivity contribution in [1.29, 1.82) is 0 Å². The monoisotopic (exact) mass is 441 g/mol. The lowest BCUT2D eigenvalue weighted by atomic mass is 10.0. The summed E-state index contributed by atoms with van der Waals surface area (Å²) in [5.74, 6) is -1.46. The van der Waals surface area contributed by atoms with Gasteiger partial charge < -0.3 is 19.9 Å². The summed E-state index contributed by atoms with van der Waals surface area (Å²) < 4.78 is 10.3. The number of amides is 2. The van der Waals surface area contributed by atoms with Gasteiger partial charge in [-0.25, -0.2) is 10.2 Å². The number of aryl methyl sites for hydroxylation is 1. The van der Waals surface area contributed by atoms with Gasteiger partial charge in [0.1, 0.15) is 6.04 Å². The van der Waals surface area contributed by atoms with Gasteiger partial charge in [-0.15, -0.1) is 0 Å². The number of nitrogens with zero attached hydrogens (tertiary/aromatic N) is 1. The quantitative estimate of drug-likeness (QED) is 0.384. The fourth-order valence-electron chi connectivity index (χ4n) is 2.73. The Labute approximate surface area is 186 Å². The van der Waals surface area contributed by atoms with Crippen molar-refractivity contribution in [3.63, 3.8) is 0 Å². The molecule has 0 aliphatic heterocycles. The number of ether oxygens (including phenoxy) is 2. The van der Waals surface area contributed by atoms with Gasteiger partial charge in [0.15, 0.2) is 18.1 Å². The number of rotatable bonds is 10. The molecule has 1 unspecified atom stereocenters. The zero-order valence-electron chi connectivity index (χ0n) is 18.4. The van der Waals surface area contributed by atoms with E-state index in [4.69, 9.17) is 14.6 Å². The maximum absolute atomic E-state index is 12.6. The van der Waals surface area contributed by atoms with Crippen molar-refractivity contribution in [1.82, 2.24) is 10.7 Å². The van der Waals surface area contributed by atoms with E-state index in [-0.39, 0.29) is 17.6 Å². The van der Waals surface area contributed by atoms with E-state index in [1.54, 1.807) is 30.3 Å². The Kier molecular flexibility index (Phi) is 8.76. The lowest BCUT2D eigenvalue weighted by molar-refractivity contribution is -0.139. The average molecular weight is 441 g/mol. The third-order valence-electron chi connectivity index (χ3n) is 4.48.